The van der Waals surface area contributed by atoms with Gasteiger partial charge in [-0.05, 0) is 0 Å². The minimum Gasteiger partial charge on any atom is -0.462 e. The van der Waals surface area contributed by atoms with E-state index in [0.717, 1.165) is 0 Å². The SMILES string of the molecule is O=C(NC(COC(=O)OCCOCCON(O)O)C(=O)OCCOCON(O)O)OCCOCCON(O)O. The van der Waals surface area contributed by atoms with Gasteiger partial charge in [0.05, 0.1) is 62.4 Å². The molecule has 0 saturated carbocycles. The first kappa shape index (κ1) is 36.4. The normalized spacial score (nSPS) is 12.0. The number of carbonyl (C=O) groups excluding carboxylic acids is 3. The summed E-state index contributed by atoms with van der Waals surface area (Å²) in [6.45, 7) is -3.24. The van der Waals surface area contributed by atoms with Crippen LogP contribution in [-0.4, -0.2) is 151 Å². The van der Waals surface area contributed by atoms with Crippen molar-refractivity contribution in [2.24, 2.45) is 0 Å². The van der Waals surface area contributed by atoms with E-state index in [-0.39, 0.29) is 66.1 Å². The Morgan fingerprint density at radius 3 is 1.62 bits per heavy atom. The molecule has 0 radical (unpaired) electrons. The first-order valence-electron chi connectivity index (χ1n) is 10.7. The Bertz CT molecular complexity index is 643. The monoisotopic (exact) mass is 584 g/mol. The Labute approximate surface area is 219 Å². The maximum atomic E-state index is 12.3. The number of nitrogens with zero attached hydrogens (tertiary/aromatic N) is 3. The summed E-state index contributed by atoms with van der Waals surface area (Å²) in [4.78, 5) is 48.6. The molecule has 1 unspecified atom stereocenters. The van der Waals surface area contributed by atoms with Gasteiger partial charge in [-0.15, -0.1) is 0 Å². The summed E-state index contributed by atoms with van der Waals surface area (Å²) in [5, 5.41) is 50.6. The van der Waals surface area contributed by atoms with Crippen LogP contribution in [0.5, 0.6) is 0 Å². The van der Waals surface area contributed by atoms with Gasteiger partial charge in [0.1, 0.15) is 26.4 Å². The highest BCUT2D eigenvalue weighted by Crippen LogP contribution is 1.97. The summed E-state index contributed by atoms with van der Waals surface area (Å²) >= 11 is 0. The molecule has 230 valence electrons. The van der Waals surface area contributed by atoms with Crippen LogP contribution < -0.4 is 5.32 Å². The smallest absolute Gasteiger partial charge is 0.462 e. The van der Waals surface area contributed by atoms with E-state index in [1.54, 1.807) is 0 Å². The number of carbonyl (C=O) groups is 3. The second-order valence-corrected chi connectivity index (χ2v) is 6.21. The lowest BCUT2D eigenvalue weighted by Crippen LogP contribution is -2.46. The third-order valence-corrected chi connectivity index (χ3v) is 3.45. The average molecular weight is 584 g/mol. The Morgan fingerprint density at radius 2 is 1.05 bits per heavy atom. The molecule has 0 aliphatic carbocycles. The molecular formula is C16H32N4O19. The molecule has 0 aliphatic rings. The zero-order chi connectivity index (χ0) is 29.3. The van der Waals surface area contributed by atoms with Gasteiger partial charge < -0.3 is 38.5 Å². The second kappa shape index (κ2) is 24.5. The van der Waals surface area contributed by atoms with Gasteiger partial charge in [-0.2, -0.15) is 0 Å². The molecule has 23 heteroatoms. The Kier molecular flexibility index (Phi) is 22.8. The molecule has 23 nitrogen and oxygen atoms in total. The quantitative estimate of drug-likeness (QED) is 0.0208. The van der Waals surface area contributed by atoms with E-state index in [4.69, 9.17) is 64.4 Å². The second-order valence-electron chi connectivity index (χ2n) is 6.21. The largest absolute Gasteiger partial charge is 0.508 e. The Hall–Kier alpha value is -2.59. The van der Waals surface area contributed by atoms with Crippen LogP contribution in [0.15, 0.2) is 0 Å². The van der Waals surface area contributed by atoms with E-state index >= 15 is 0 Å². The van der Waals surface area contributed by atoms with E-state index in [1.807, 2.05) is 0 Å². The van der Waals surface area contributed by atoms with Gasteiger partial charge in [-0.1, -0.05) is 0 Å². The first-order valence-corrected chi connectivity index (χ1v) is 10.7. The van der Waals surface area contributed by atoms with Crippen molar-refractivity contribution in [3.63, 3.8) is 0 Å². The summed E-state index contributed by atoms with van der Waals surface area (Å²) in [5.41, 5.74) is 0. The lowest BCUT2D eigenvalue weighted by molar-refractivity contribution is -0.506. The van der Waals surface area contributed by atoms with Gasteiger partial charge in [0, 0.05) is 0 Å². The zero-order valence-corrected chi connectivity index (χ0v) is 20.4. The molecule has 0 spiro atoms. The highest BCUT2D eigenvalue weighted by atomic mass is 17.1. The molecule has 39 heavy (non-hydrogen) atoms. The molecule has 0 rings (SSSR count). The van der Waals surface area contributed by atoms with E-state index in [2.05, 4.69) is 19.8 Å². The summed E-state index contributed by atoms with van der Waals surface area (Å²) in [7, 11) is 0. The van der Waals surface area contributed by atoms with Crippen molar-refractivity contribution >= 4 is 18.2 Å². The number of alkyl carbamates (subject to hydrolysis) is 1. The highest BCUT2D eigenvalue weighted by molar-refractivity contribution is 5.81. The van der Waals surface area contributed by atoms with Crippen molar-refractivity contribution in [3.05, 3.63) is 0 Å². The molecular weight excluding hydrogens is 552 g/mol. The summed E-state index contributed by atoms with van der Waals surface area (Å²) in [6, 6.07) is -1.55. The highest BCUT2D eigenvalue weighted by Gasteiger charge is 2.25. The fourth-order valence-electron chi connectivity index (χ4n) is 1.93. The third-order valence-electron chi connectivity index (χ3n) is 3.45. The molecule has 0 aromatic carbocycles. The number of amides is 1. The summed E-state index contributed by atoms with van der Waals surface area (Å²) in [5.74, 6) is -1.06. The van der Waals surface area contributed by atoms with Crippen LogP contribution in [0.2, 0.25) is 0 Å². The van der Waals surface area contributed by atoms with Crippen molar-refractivity contribution in [2.45, 2.75) is 6.04 Å². The third kappa shape index (κ3) is 25.4. The number of ether oxygens (including phenoxy) is 7. The standard InChI is InChI=1S/C16H32N4O19/c21-14(33-6-3-32-12-39-20(28)29)13(17-15(22)34-7-1-30-4-9-37-18(24)25)11-36-16(23)35-8-2-31-5-10-38-19(26)27/h13,24-29H,1-12H2,(H,17,22). The number of hydrogen-bond donors (Lipinski definition) is 7. The molecule has 0 saturated heterocycles. The van der Waals surface area contributed by atoms with Crippen LogP contribution in [0.1, 0.15) is 0 Å². The summed E-state index contributed by atoms with van der Waals surface area (Å²) in [6.07, 6.45) is -2.33. The number of rotatable bonds is 24. The van der Waals surface area contributed by atoms with Crippen molar-refractivity contribution < 1.29 is 93.3 Å². The molecule has 1 amide bonds. The van der Waals surface area contributed by atoms with Crippen molar-refractivity contribution in [1.82, 2.24) is 21.5 Å². The van der Waals surface area contributed by atoms with Gasteiger partial charge in [0.25, 0.3) is 0 Å². The minimum absolute atomic E-state index is 0.0627. The van der Waals surface area contributed by atoms with E-state index < -0.39 is 53.8 Å². The van der Waals surface area contributed by atoms with Crippen LogP contribution in [-0.2, 0) is 52.5 Å². The predicted molar refractivity (Wildman–Crippen MR) is 108 cm³/mol. The van der Waals surface area contributed by atoms with Crippen LogP contribution in [0.3, 0.4) is 0 Å². The first-order chi connectivity index (χ1) is 18.6. The van der Waals surface area contributed by atoms with Crippen molar-refractivity contribution in [1.29, 1.82) is 0 Å². The molecule has 0 aliphatic heterocycles. The van der Waals surface area contributed by atoms with Gasteiger partial charge in [-0.3, -0.25) is 31.2 Å². The fraction of sp³-hybridized carbons (Fsp3) is 0.812. The van der Waals surface area contributed by atoms with Crippen LogP contribution >= 0.6 is 0 Å². The maximum absolute atomic E-state index is 12.3. The molecule has 0 aromatic rings. The van der Waals surface area contributed by atoms with Gasteiger partial charge in [0.15, 0.2) is 12.8 Å². The van der Waals surface area contributed by atoms with E-state index in [0.29, 0.717) is 0 Å². The van der Waals surface area contributed by atoms with E-state index in [9.17, 15) is 14.4 Å². The molecule has 7 N–H and O–H groups in total. The minimum atomic E-state index is -1.55. The zero-order valence-electron chi connectivity index (χ0n) is 20.4. The lowest BCUT2D eigenvalue weighted by Gasteiger charge is -2.17. The fourth-order valence-corrected chi connectivity index (χ4v) is 1.93. The van der Waals surface area contributed by atoms with Crippen molar-refractivity contribution in [3.8, 4) is 0 Å². The molecule has 0 heterocycles. The number of nitrogens with one attached hydrogen (secondary N) is 1. The number of hydrogen-bond acceptors (Lipinski definition) is 22. The van der Waals surface area contributed by atoms with Crippen molar-refractivity contribution in [2.75, 3.05) is 79.5 Å². The maximum Gasteiger partial charge on any atom is 0.508 e. The van der Waals surface area contributed by atoms with Gasteiger partial charge in [-0.25, -0.2) is 28.9 Å². The Balaban J connectivity index is 4.43. The molecule has 1 atom stereocenters. The van der Waals surface area contributed by atoms with Crippen LogP contribution in [0.25, 0.3) is 0 Å². The topological polar surface area (TPSA) is 287 Å². The predicted octanol–water partition coefficient (Wildman–Crippen LogP) is -2.18. The molecule has 0 aromatic heterocycles. The average Bonchev–Trinajstić information content (AvgIpc) is 2.86. The van der Waals surface area contributed by atoms with E-state index in [1.165, 1.54) is 0 Å². The van der Waals surface area contributed by atoms with Gasteiger partial charge >= 0.3 is 18.2 Å². The summed E-state index contributed by atoms with van der Waals surface area (Å²) < 4.78 is 33.9. The van der Waals surface area contributed by atoms with Gasteiger partial charge in [0.2, 0.25) is 0 Å². The molecule has 0 bridgehead atoms. The van der Waals surface area contributed by atoms with Crippen LogP contribution in [0, 0.1) is 0 Å². The molecule has 0 fully saturated rings. The Morgan fingerprint density at radius 1 is 0.564 bits per heavy atom. The number of esters is 1. The van der Waals surface area contributed by atoms with Crippen LogP contribution in [0.4, 0.5) is 9.59 Å². The lowest BCUT2D eigenvalue weighted by atomic mass is 10.3.